The number of likely N-dealkylation sites (tertiary alicyclic amines) is 1. The van der Waals surface area contributed by atoms with Crippen LogP contribution in [-0.4, -0.2) is 65.1 Å². The third-order valence-electron chi connectivity index (χ3n) is 6.63. The number of aliphatic hydroxyl groups is 1. The summed E-state index contributed by atoms with van der Waals surface area (Å²) in [6.45, 7) is 0.204. The third kappa shape index (κ3) is 6.47. The maximum absolute atomic E-state index is 14.2. The SMILES string of the molecule is NC(=O)c1ccc(C(CN2CC[C@@H](CO)C2)S(=O)(=O)O)c(-c2cnc(N)c(OCc3c(F)ccc(F)c3Cl)n2)c1. The van der Waals surface area contributed by atoms with Crippen LogP contribution in [0.15, 0.2) is 36.5 Å². The Bertz CT molecular complexity index is 1540. The van der Waals surface area contributed by atoms with Gasteiger partial charge in [0.2, 0.25) is 5.91 Å². The maximum Gasteiger partial charge on any atom is 0.273 e. The lowest BCUT2D eigenvalue weighted by Gasteiger charge is -2.24. The summed E-state index contributed by atoms with van der Waals surface area (Å²) in [7, 11) is -4.69. The van der Waals surface area contributed by atoms with Crippen molar-refractivity contribution in [2.75, 3.05) is 32.0 Å². The largest absolute Gasteiger partial charge is 0.470 e. The number of nitrogens with two attached hydrogens (primary N) is 2. The lowest BCUT2D eigenvalue weighted by molar-refractivity contribution is 0.1000. The number of carbonyl (C=O) groups excluding carboxylic acids is 1. The Hall–Kier alpha value is -3.43. The van der Waals surface area contributed by atoms with Crippen molar-refractivity contribution in [3.8, 4) is 17.1 Å². The highest BCUT2D eigenvalue weighted by Gasteiger charge is 2.33. The standard InChI is InChI=1S/C25H26ClF2N5O6S/c26-22-17(18(27)3-4-19(22)28)12-39-25-23(29)31-8-20(32-25)16-7-14(24(30)35)1-2-15(16)21(40(36,37)38)10-33-6-5-13(9-33)11-34/h1-4,7-8,13,21,34H,5-6,9-12H2,(H2,29,31)(H2,30,35)(H,36,37,38)/t13-,21?/m1/s1. The van der Waals surface area contributed by atoms with E-state index in [2.05, 4.69) is 9.97 Å². The van der Waals surface area contributed by atoms with E-state index in [1.807, 2.05) is 0 Å². The number of benzene rings is 2. The van der Waals surface area contributed by atoms with Crippen LogP contribution >= 0.6 is 11.6 Å². The molecule has 0 spiro atoms. The Kier molecular flexibility index (Phi) is 8.85. The van der Waals surface area contributed by atoms with Crippen molar-refractivity contribution < 1.29 is 36.4 Å². The van der Waals surface area contributed by atoms with Gasteiger partial charge >= 0.3 is 0 Å². The summed E-state index contributed by atoms with van der Waals surface area (Å²) < 4.78 is 68.9. The minimum Gasteiger partial charge on any atom is -0.470 e. The first kappa shape index (κ1) is 29.6. The van der Waals surface area contributed by atoms with Gasteiger partial charge in [0.05, 0.1) is 16.9 Å². The van der Waals surface area contributed by atoms with Crippen LogP contribution in [0.5, 0.6) is 5.88 Å². The number of carbonyl (C=O) groups is 1. The number of aliphatic hydroxyl groups excluding tert-OH is 1. The van der Waals surface area contributed by atoms with Gasteiger partial charge in [-0.2, -0.15) is 8.42 Å². The van der Waals surface area contributed by atoms with E-state index in [1.165, 1.54) is 24.4 Å². The van der Waals surface area contributed by atoms with E-state index in [0.29, 0.717) is 19.5 Å². The lowest BCUT2D eigenvalue weighted by Crippen LogP contribution is -2.31. The van der Waals surface area contributed by atoms with Crippen LogP contribution in [0.2, 0.25) is 5.02 Å². The highest BCUT2D eigenvalue weighted by atomic mass is 35.5. The highest BCUT2D eigenvalue weighted by Crippen LogP contribution is 2.35. The number of aromatic nitrogens is 2. The van der Waals surface area contributed by atoms with E-state index in [1.54, 1.807) is 4.90 Å². The molecule has 40 heavy (non-hydrogen) atoms. The van der Waals surface area contributed by atoms with Gasteiger partial charge < -0.3 is 26.2 Å². The van der Waals surface area contributed by atoms with Gasteiger partial charge in [0.25, 0.3) is 16.0 Å². The van der Waals surface area contributed by atoms with Gasteiger partial charge in [0.15, 0.2) is 5.82 Å². The van der Waals surface area contributed by atoms with Crippen molar-refractivity contribution in [2.24, 2.45) is 11.7 Å². The third-order valence-corrected chi connectivity index (χ3v) is 8.16. The Morgan fingerprint density at radius 3 is 2.62 bits per heavy atom. The number of primary amides is 1. The first-order chi connectivity index (χ1) is 18.9. The number of nitrogen functional groups attached to an aromatic ring is 1. The van der Waals surface area contributed by atoms with Gasteiger partial charge in [-0.1, -0.05) is 17.7 Å². The average Bonchev–Trinajstić information content (AvgIpc) is 3.37. The molecule has 1 amide bonds. The lowest BCUT2D eigenvalue weighted by atomic mass is 9.98. The van der Waals surface area contributed by atoms with E-state index in [0.717, 1.165) is 12.1 Å². The second kappa shape index (κ2) is 12.0. The zero-order valence-corrected chi connectivity index (χ0v) is 22.5. The van der Waals surface area contributed by atoms with Crippen molar-refractivity contribution in [1.82, 2.24) is 14.9 Å². The Balaban J connectivity index is 1.75. The molecule has 15 heteroatoms. The summed E-state index contributed by atoms with van der Waals surface area (Å²) in [6, 6.07) is 5.70. The molecule has 6 N–H and O–H groups in total. The van der Waals surface area contributed by atoms with Gasteiger partial charge in [0.1, 0.15) is 23.5 Å². The summed E-state index contributed by atoms with van der Waals surface area (Å²) in [5.74, 6) is -3.05. The summed E-state index contributed by atoms with van der Waals surface area (Å²) in [5.41, 5.74) is 11.2. The molecule has 3 aromatic rings. The summed E-state index contributed by atoms with van der Waals surface area (Å²) in [6.07, 6.45) is 1.85. The van der Waals surface area contributed by atoms with E-state index < -0.39 is 44.5 Å². The second-order valence-electron chi connectivity index (χ2n) is 9.32. The number of nitrogens with zero attached hydrogens (tertiary/aromatic N) is 3. The molecule has 1 aromatic heterocycles. The first-order valence-corrected chi connectivity index (χ1v) is 13.9. The molecule has 1 aliphatic rings. The predicted octanol–water partition coefficient (Wildman–Crippen LogP) is 2.58. The number of anilines is 1. The number of amides is 1. The molecular weight excluding hydrogens is 572 g/mol. The fraction of sp³-hybridized carbons (Fsp3) is 0.320. The van der Waals surface area contributed by atoms with Crippen molar-refractivity contribution in [1.29, 1.82) is 0 Å². The topological polar surface area (TPSA) is 182 Å². The van der Waals surface area contributed by atoms with E-state index in [9.17, 15) is 31.7 Å². The Morgan fingerprint density at radius 2 is 1.98 bits per heavy atom. The minimum absolute atomic E-state index is 0.00332. The number of rotatable bonds is 10. The Morgan fingerprint density at radius 1 is 1.25 bits per heavy atom. The van der Waals surface area contributed by atoms with Crippen LogP contribution in [0.4, 0.5) is 14.6 Å². The summed E-state index contributed by atoms with van der Waals surface area (Å²) in [4.78, 5) is 22.0. The number of halogens is 3. The minimum atomic E-state index is -4.69. The van der Waals surface area contributed by atoms with Crippen molar-refractivity contribution in [3.63, 3.8) is 0 Å². The van der Waals surface area contributed by atoms with Gasteiger partial charge in [0, 0.05) is 36.4 Å². The fourth-order valence-electron chi connectivity index (χ4n) is 4.49. The van der Waals surface area contributed by atoms with Crippen LogP contribution in [-0.2, 0) is 16.7 Å². The normalized spacial score (nSPS) is 16.7. The number of hydrogen-bond donors (Lipinski definition) is 4. The van der Waals surface area contributed by atoms with Gasteiger partial charge in [-0.05, 0) is 48.7 Å². The summed E-state index contributed by atoms with van der Waals surface area (Å²) in [5, 5.41) is 7.50. The molecule has 1 aliphatic heterocycles. The van der Waals surface area contributed by atoms with Crippen LogP contribution in [0.25, 0.3) is 11.3 Å². The molecule has 0 saturated carbocycles. The summed E-state index contributed by atoms with van der Waals surface area (Å²) >= 11 is 5.86. The van der Waals surface area contributed by atoms with Crippen molar-refractivity contribution in [3.05, 3.63) is 69.9 Å². The molecule has 1 unspecified atom stereocenters. The van der Waals surface area contributed by atoms with E-state index in [4.69, 9.17) is 27.8 Å². The molecule has 2 atom stereocenters. The van der Waals surface area contributed by atoms with Crippen LogP contribution in [0, 0.1) is 17.6 Å². The van der Waals surface area contributed by atoms with Crippen molar-refractivity contribution in [2.45, 2.75) is 18.3 Å². The fourth-order valence-corrected chi connectivity index (χ4v) is 5.62. The first-order valence-electron chi connectivity index (χ1n) is 12.0. The molecule has 2 aromatic carbocycles. The van der Waals surface area contributed by atoms with Crippen LogP contribution in [0.1, 0.15) is 33.2 Å². The maximum atomic E-state index is 14.2. The molecule has 1 fully saturated rings. The van der Waals surface area contributed by atoms with Gasteiger partial charge in [-0.25, -0.2) is 18.7 Å². The molecule has 11 nitrogen and oxygen atoms in total. The molecule has 1 saturated heterocycles. The zero-order valence-electron chi connectivity index (χ0n) is 20.9. The molecule has 214 valence electrons. The molecule has 0 radical (unpaired) electrons. The smallest absolute Gasteiger partial charge is 0.273 e. The Labute approximate surface area is 233 Å². The molecule has 0 bridgehead atoms. The van der Waals surface area contributed by atoms with Crippen molar-refractivity contribution >= 4 is 33.4 Å². The average molecular weight is 598 g/mol. The predicted molar refractivity (Wildman–Crippen MR) is 142 cm³/mol. The number of ether oxygens (including phenoxy) is 1. The molecule has 4 rings (SSSR count). The van der Waals surface area contributed by atoms with Gasteiger partial charge in [-0.3, -0.25) is 9.35 Å². The number of hydrogen-bond acceptors (Lipinski definition) is 9. The van der Waals surface area contributed by atoms with E-state index in [-0.39, 0.29) is 58.7 Å². The molecule has 0 aliphatic carbocycles. The monoisotopic (exact) mass is 597 g/mol. The van der Waals surface area contributed by atoms with Gasteiger partial charge in [-0.15, -0.1) is 0 Å². The van der Waals surface area contributed by atoms with E-state index >= 15 is 0 Å². The quantitative estimate of drug-likeness (QED) is 0.200. The zero-order chi connectivity index (χ0) is 29.2. The molecular formula is C25H26ClF2N5O6S. The highest BCUT2D eigenvalue weighted by molar-refractivity contribution is 7.86. The molecule has 2 heterocycles. The van der Waals surface area contributed by atoms with Crippen LogP contribution in [0.3, 0.4) is 0 Å². The second-order valence-corrected chi connectivity index (χ2v) is 11.3. The van der Waals surface area contributed by atoms with Crippen LogP contribution < -0.4 is 16.2 Å².